The highest BCUT2D eigenvalue weighted by atomic mass is 32.2. The third kappa shape index (κ3) is 4.98. The molecule has 7 heteroatoms. The van der Waals surface area contributed by atoms with Gasteiger partial charge in [0.25, 0.3) is 0 Å². The summed E-state index contributed by atoms with van der Waals surface area (Å²) in [5.74, 6) is 0.451. The minimum absolute atomic E-state index is 0.0979. The Morgan fingerprint density at radius 1 is 1.24 bits per heavy atom. The lowest BCUT2D eigenvalue weighted by molar-refractivity contribution is -0.129. The molecule has 1 aliphatic heterocycles. The third-order valence-corrected chi connectivity index (χ3v) is 5.87. The summed E-state index contributed by atoms with van der Waals surface area (Å²) in [6, 6.07) is 13.1. The van der Waals surface area contributed by atoms with Crippen LogP contribution in [0.4, 0.5) is 11.4 Å². The first-order chi connectivity index (χ1) is 13.9. The first-order valence-electron chi connectivity index (χ1n) is 9.49. The number of rotatable bonds is 5. The second kappa shape index (κ2) is 9.13. The fourth-order valence-corrected chi connectivity index (χ4v) is 4.25. The summed E-state index contributed by atoms with van der Waals surface area (Å²) in [5, 5.41) is 2.97. The minimum atomic E-state index is -0.525. The highest BCUT2D eigenvalue weighted by Crippen LogP contribution is 2.30. The molecule has 1 aliphatic rings. The molecule has 0 saturated carbocycles. The van der Waals surface area contributed by atoms with Crippen LogP contribution in [0.25, 0.3) is 0 Å². The highest BCUT2D eigenvalue weighted by molar-refractivity contribution is 8.15. The Morgan fingerprint density at radius 3 is 2.59 bits per heavy atom. The predicted molar refractivity (Wildman–Crippen MR) is 118 cm³/mol. The Labute approximate surface area is 175 Å². The van der Waals surface area contributed by atoms with Crippen molar-refractivity contribution >= 4 is 40.1 Å². The largest absolute Gasteiger partial charge is 0.497 e. The van der Waals surface area contributed by atoms with Gasteiger partial charge in [0.2, 0.25) is 11.8 Å². The monoisotopic (exact) mass is 411 g/mol. The normalized spacial score (nSPS) is 18.1. The molecule has 152 valence electrons. The molecule has 1 heterocycles. The van der Waals surface area contributed by atoms with Crippen molar-refractivity contribution in [1.82, 2.24) is 4.90 Å². The molecule has 0 bridgehead atoms. The van der Waals surface area contributed by atoms with Crippen LogP contribution >= 0.6 is 11.8 Å². The molecule has 0 aromatic heterocycles. The van der Waals surface area contributed by atoms with Crippen LogP contribution in [0.3, 0.4) is 0 Å². The zero-order valence-electron chi connectivity index (χ0n) is 17.1. The van der Waals surface area contributed by atoms with E-state index in [4.69, 9.17) is 4.74 Å². The van der Waals surface area contributed by atoms with E-state index < -0.39 is 5.25 Å². The van der Waals surface area contributed by atoms with Crippen LogP contribution in [-0.4, -0.2) is 40.8 Å². The third-order valence-electron chi connectivity index (χ3n) is 4.69. The number of hydrogen-bond donors (Lipinski definition) is 1. The van der Waals surface area contributed by atoms with Crippen LogP contribution < -0.4 is 10.1 Å². The van der Waals surface area contributed by atoms with Gasteiger partial charge in [-0.25, -0.2) is 4.99 Å². The topological polar surface area (TPSA) is 71.0 Å². The summed E-state index contributed by atoms with van der Waals surface area (Å²) in [7, 11) is 1.61. The Bertz CT molecular complexity index is 941. The van der Waals surface area contributed by atoms with Gasteiger partial charge in [-0.3, -0.25) is 14.5 Å². The Kier molecular flexibility index (Phi) is 6.59. The van der Waals surface area contributed by atoms with Crippen LogP contribution in [0, 0.1) is 13.8 Å². The molecule has 2 amide bonds. The van der Waals surface area contributed by atoms with E-state index in [2.05, 4.69) is 10.3 Å². The summed E-state index contributed by atoms with van der Waals surface area (Å²) in [4.78, 5) is 31.7. The molecule has 0 aliphatic carbocycles. The number of carbonyl (C=O) groups is 2. The van der Waals surface area contributed by atoms with Crippen molar-refractivity contribution in [3.05, 3.63) is 53.6 Å². The number of amides is 2. The van der Waals surface area contributed by atoms with Gasteiger partial charge in [-0.1, -0.05) is 29.5 Å². The SMILES string of the molecule is CCN1C(=O)C[C@H](C(=O)Nc2ccc(C)cc2C)SC1=Nc1ccc(OC)cc1. The molecule has 1 atom stereocenters. The van der Waals surface area contributed by atoms with Crippen molar-refractivity contribution in [1.29, 1.82) is 0 Å². The number of aliphatic imine (C=N–C) groups is 1. The number of ether oxygens (including phenoxy) is 1. The summed E-state index contributed by atoms with van der Waals surface area (Å²) < 4.78 is 5.17. The summed E-state index contributed by atoms with van der Waals surface area (Å²) in [5.41, 5.74) is 3.60. The van der Waals surface area contributed by atoms with E-state index in [0.717, 1.165) is 22.6 Å². The second-order valence-electron chi connectivity index (χ2n) is 6.85. The Hall–Kier alpha value is -2.80. The maximum absolute atomic E-state index is 12.9. The van der Waals surface area contributed by atoms with E-state index in [0.29, 0.717) is 17.4 Å². The minimum Gasteiger partial charge on any atom is -0.497 e. The van der Waals surface area contributed by atoms with Crippen molar-refractivity contribution in [3.63, 3.8) is 0 Å². The molecule has 1 fully saturated rings. The Morgan fingerprint density at radius 2 is 1.97 bits per heavy atom. The number of nitrogens with one attached hydrogen (secondary N) is 1. The van der Waals surface area contributed by atoms with E-state index in [1.807, 2.05) is 63.2 Å². The molecule has 0 radical (unpaired) electrons. The van der Waals surface area contributed by atoms with Crippen molar-refractivity contribution in [2.75, 3.05) is 19.0 Å². The number of carbonyl (C=O) groups excluding carboxylic acids is 2. The standard InChI is InChI=1S/C22H25N3O3S/c1-5-25-20(26)13-19(21(27)24-18-11-6-14(2)12-15(18)3)29-22(25)23-16-7-9-17(28-4)10-8-16/h6-12,19H,5,13H2,1-4H3,(H,24,27)/t19-/m1/s1. The molecule has 2 aromatic rings. The van der Waals surface area contributed by atoms with E-state index in [1.54, 1.807) is 12.0 Å². The zero-order valence-corrected chi connectivity index (χ0v) is 17.9. The van der Waals surface area contributed by atoms with Crippen molar-refractivity contribution in [3.8, 4) is 5.75 Å². The number of thioether (sulfide) groups is 1. The summed E-state index contributed by atoms with van der Waals surface area (Å²) in [6.07, 6.45) is 0.150. The van der Waals surface area contributed by atoms with Gasteiger partial charge in [-0.15, -0.1) is 0 Å². The maximum Gasteiger partial charge on any atom is 0.238 e. The van der Waals surface area contributed by atoms with E-state index in [9.17, 15) is 9.59 Å². The molecule has 1 N–H and O–H groups in total. The molecular weight excluding hydrogens is 386 g/mol. The lowest BCUT2D eigenvalue weighted by Crippen LogP contribution is -2.45. The second-order valence-corrected chi connectivity index (χ2v) is 8.02. The molecule has 1 saturated heterocycles. The maximum atomic E-state index is 12.9. The fraction of sp³-hybridized carbons (Fsp3) is 0.318. The molecule has 6 nitrogen and oxygen atoms in total. The Balaban J connectivity index is 1.80. The van der Waals surface area contributed by atoms with Gasteiger partial charge < -0.3 is 10.1 Å². The van der Waals surface area contributed by atoms with Crippen molar-refractivity contribution in [2.45, 2.75) is 32.4 Å². The lowest BCUT2D eigenvalue weighted by atomic mass is 10.1. The van der Waals surface area contributed by atoms with Crippen LogP contribution in [0.1, 0.15) is 24.5 Å². The van der Waals surface area contributed by atoms with Gasteiger partial charge >= 0.3 is 0 Å². The van der Waals surface area contributed by atoms with Crippen LogP contribution in [0.15, 0.2) is 47.5 Å². The molecular formula is C22H25N3O3S. The van der Waals surface area contributed by atoms with Crippen LogP contribution in [0.2, 0.25) is 0 Å². The smallest absolute Gasteiger partial charge is 0.238 e. The van der Waals surface area contributed by atoms with E-state index >= 15 is 0 Å². The van der Waals surface area contributed by atoms with Gasteiger partial charge in [0, 0.05) is 18.7 Å². The number of aryl methyl sites for hydroxylation is 2. The van der Waals surface area contributed by atoms with Gasteiger partial charge in [-0.05, 0) is 56.7 Å². The number of nitrogens with zero attached hydrogens (tertiary/aromatic N) is 2. The van der Waals surface area contributed by atoms with Gasteiger partial charge in [-0.2, -0.15) is 0 Å². The number of anilines is 1. The van der Waals surface area contributed by atoms with E-state index in [1.165, 1.54) is 11.8 Å². The molecule has 3 rings (SSSR count). The predicted octanol–water partition coefficient (Wildman–Crippen LogP) is 4.29. The average molecular weight is 412 g/mol. The first kappa shape index (κ1) is 20.9. The van der Waals surface area contributed by atoms with Gasteiger partial charge in [0.05, 0.1) is 12.8 Å². The summed E-state index contributed by atoms with van der Waals surface area (Å²) >= 11 is 1.32. The highest BCUT2D eigenvalue weighted by Gasteiger charge is 2.35. The average Bonchev–Trinajstić information content (AvgIpc) is 2.70. The summed E-state index contributed by atoms with van der Waals surface area (Å²) in [6.45, 7) is 6.37. The number of benzene rings is 2. The quantitative estimate of drug-likeness (QED) is 0.797. The zero-order chi connectivity index (χ0) is 21.0. The molecule has 0 unspecified atom stereocenters. The fourth-order valence-electron chi connectivity index (χ4n) is 3.09. The molecule has 29 heavy (non-hydrogen) atoms. The number of methoxy groups -OCH3 is 1. The molecule has 2 aromatic carbocycles. The first-order valence-corrected chi connectivity index (χ1v) is 10.4. The van der Waals surface area contributed by atoms with Crippen molar-refractivity contribution in [2.24, 2.45) is 4.99 Å². The van der Waals surface area contributed by atoms with Crippen LogP contribution in [-0.2, 0) is 9.59 Å². The van der Waals surface area contributed by atoms with E-state index in [-0.39, 0.29) is 18.2 Å². The number of hydrogen-bond acceptors (Lipinski definition) is 5. The molecule has 0 spiro atoms. The van der Waals surface area contributed by atoms with Crippen molar-refractivity contribution < 1.29 is 14.3 Å². The number of amidine groups is 1. The van der Waals surface area contributed by atoms with Crippen LogP contribution in [0.5, 0.6) is 5.75 Å². The van der Waals surface area contributed by atoms with Gasteiger partial charge in [0.15, 0.2) is 5.17 Å². The lowest BCUT2D eigenvalue weighted by Gasteiger charge is -2.31. The van der Waals surface area contributed by atoms with Gasteiger partial charge in [0.1, 0.15) is 11.0 Å².